The minimum atomic E-state index is -0.598. The SMILES string of the molecule is COC(=O)c1c(C)nc2c(nnn2C)c1C#N. The average Bonchev–Trinajstić information content (AvgIpc) is 2.68. The van der Waals surface area contributed by atoms with Gasteiger partial charge in [0.05, 0.1) is 18.4 Å². The molecule has 7 heteroatoms. The molecule has 0 spiro atoms. The molecule has 0 bridgehead atoms. The van der Waals surface area contributed by atoms with Crippen molar-refractivity contribution in [3.63, 3.8) is 0 Å². The van der Waals surface area contributed by atoms with Gasteiger partial charge in [-0.15, -0.1) is 5.10 Å². The number of aryl methyl sites for hydroxylation is 2. The second-order valence-electron chi connectivity index (χ2n) is 3.44. The molecule has 0 aliphatic carbocycles. The molecule has 0 saturated heterocycles. The quantitative estimate of drug-likeness (QED) is 0.656. The maximum absolute atomic E-state index is 11.6. The highest BCUT2D eigenvalue weighted by atomic mass is 16.5. The molecule has 0 aliphatic rings. The summed E-state index contributed by atoms with van der Waals surface area (Å²) in [5.74, 6) is -0.598. The number of hydrogen-bond acceptors (Lipinski definition) is 6. The molecule has 17 heavy (non-hydrogen) atoms. The first kappa shape index (κ1) is 11.0. The van der Waals surface area contributed by atoms with Crippen LogP contribution in [0, 0.1) is 18.3 Å². The Morgan fingerprint density at radius 1 is 1.53 bits per heavy atom. The van der Waals surface area contributed by atoms with E-state index in [0.29, 0.717) is 16.9 Å². The molecule has 2 aromatic heterocycles. The van der Waals surface area contributed by atoms with Crippen LogP contribution in [-0.4, -0.2) is 33.1 Å². The van der Waals surface area contributed by atoms with Gasteiger partial charge in [-0.3, -0.25) is 0 Å². The summed E-state index contributed by atoms with van der Waals surface area (Å²) in [4.78, 5) is 15.8. The lowest BCUT2D eigenvalue weighted by Gasteiger charge is -2.05. The van der Waals surface area contributed by atoms with E-state index in [1.165, 1.54) is 11.8 Å². The number of methoxy groups -OCH3 is 1. The van der Waals surface area contributed by atoms with E-state index in [0.717, 1.165) is 0 Å². The Morgan fingerprint density at radius 3 is 2.82 bits per heavy atom. The second-order valence-corrected chi connectivity index (χ2v) is 3.44. The van der Waals surface area contributed by atoms with Gasteiger partial charge in [-0.2, -0.15) is 5.26 Å². The van der Waals surface area contributed by atoms with E-state index in [-0.39, 0.29) is 11.1 Å². The lowest BCUT2D eigenvalue weighted by molar-refractivity contribution is 0.0599. The fourth-order valence-corrected chi connectivity index (χ4v) is 1.61. The number of nitrogens with zero attached hydrogens (tertiary/aromatic N) is 5. The lowest BCUT2D eigenvalue weighted by atomic mass is 10.1. The number of hydrogen-bond donors (Lipinski definition) is 0. The number of rotatable bonds is 1. The lowest BCUT2D eigenvalue weighted by Crippen LogP contribution is -2.09. The smallest absolute Gasteiger partial charge is 0.341 e. The van der Waals surface area contributed by atoms with Gasteiger partial charge in [0.25, 0.3) is 0 Å². The van der Waals surface area contributed by atoms with Gasteiger partial charge in [0.2, 0.25) is 0 Å². The molecular formula is C10H9N5O2. The molecule has 0 unspecified atom stereocenters. The number of fused-ring (bicyclic) bond motifs is 1. The van der Waals surface area contributed by atoms with Gasteiger partial charge in [0.1, 0.15) is 11.6 Å². The zero-order valence-electron chi connectivity index (χ0n) is 9.55. The van der Waals surface area contributed by atoms with Crippen LogP contribution in [-0.2, 0) is 11.8 Å². The third-order valence-electron chi connectivity index (χ3n) is 2.42. The number of carbonyl (C=O) groups is 1. The summed E-state index contributed by atoms with van der Waals surface area (Å²) in [6.45, 7) is 1.64. The molecule has 0 amide bonds. The number of carbonyl (C=O) groups excluding carboxylic acids is 1. The Balaban J connectivity index is 2.90. The van der Waals surface area contributed by atoms with Crippen molar-refractivity contribution in [1.29, 1.82) is 5.26 Å². The molecule has 7 nitrogen and oxygen atoms in total. The molecule has 0 aromatic carbocycles. The van der Waals surface area contributed by atoms with Crippen molar-refractivity contribution in [2.45, 2.75) is 6.92 Å². The Kier molecular flexibility index (Phi) is 2.48. The standard InChI is InChI=1S/C10H9N5O2/c1-5-7(10(16)17-3)6(4-11)8-9(12-5)15(2)14-13-8/h1-3H3. The summed E-state index contributed by atoms with van der Waals surface area (Å²) in [5, 5.41) is 16.7. The van der Waals surface area contributed by atoms with Gasteiger partial charge >= 0.3 is 5.97 Å². The Bertz CT molecular complexity index is 653. The van der Waals surface area contributed by atoms with Gasteiger partial charge in [0.15, 0.2) is 11.2 Å². The molecule has 2 aromatic rings. The number of esters is 1. The van der Waals surface area contributed by atoms with Crippen LogP contribution >= 0.6 is 0 Å². The molecule has 0 aliphatic heterocycles. The molecule has 0 N–H and O–H groups in total. The van der Waals surface area contributed by atoms with Gasteiger partial charge < -0.3 is 4.74 Å². The van der Waals surface area contributed by atoms with E-state index in [9.17, 15) is 4.79 Å². The van der Waals surface area contributed by atoms with Gasteiger partial charge in [0, 0.05) is 7.05 Å². The van der Waals surface area contributed by atoms with Crippen LogP contribution in [0.5, 0.6) is 0 Å². The van der Waals surface area contributed by atoms with E-state index < -0.39 is 5.97 Å². The number of pyridine rings is 1. The van der Waals surface area contributed by atoms with Crippen molar-refractivity contribution < 1.29 is 9.53 Å². The fourth-order valence-electron chi connectivity index (χ4n) is 1.61. The fraction of sp³-hybridized carbons (Fsp3) is 0.300. The van der Waals surface area contributed by atoms with Crippen molar-refractivity contribution in [3.05, 3.63) is 16.8 Å². The first-order valence-corrected chi connectivity index (χ1v) is 4.78. The van der Waals surface area contributed by atoms with Crippen LogP contribution in [0.1, 0.15) is 21.6 Å². The molecule has 0 fully saturated rings. The van der Waals surface area contributed by atoms with Crippen LogP contribution in [0.2, 0.25) is 0 Å². The van der Waals surface area contributed by atoms with Gasteiger partial charge in [-0.1, -0.05) is 5.21 Å². The van der Waals surface area contributed by atoms with E-state index in [1.54, 1.807) is 14.0 Å². The second kappa shape index (κ2) is 3.83. The largest absolute Gasteiger partial charge is 0.465 e. The van der Waals surface area contributed by atoms with Crippen LogP contribution in [0.4, 0.5) is 0 Å². The summed E-state index contributed by atoms with van der Waals surface area (Å²) >= 11 is 0. The molecule has 0 saturated carbocycles. The number of aromatic nitrogens is 4. The molecule has 0 atom stereocenters. The minimum Gasteiger partial charge on any atom is -0.465 e. The van der Waals surface area contributed by atoms with Crippen molar-refractivity contribution >= 4 is 17.1 Å². The monoisotopic (exact) mass is 231 g/mol. The maximum atomic E-state index is 11.6. The third kappa shape index (κ3) is 1.50. The van der Waals surface area contributed by atoms with Crippen LogP contribution in [0.3, 0.4) is 0 Å². The van der Waals surface area contributed by atoms with Crippen molar-refractivity contribution in [1.82, 2.24) is 20.0 Å². The van der Waals surface area contributed by atoms with Crippen LogP contribution in [0.15, 0.2) is 0 Å². The summed E-state index contributed by atoms with van der Waals surface area (Å²) in [7, 11) is 2.92. The zero-order chi connectivity index (χ0) is 12.6. The Hall–Kier alpha value is -2.49. The van der Waals surface area contributed by atoms with Crippen molar-refractivity contribution in [3.8, 4) is 6.07 Å². The van der Waals surface area contributed by atoms with Crippen molar-refractivity contribution in [2.24, 2.45) is 7.05 Å². The van der Waals surface area contributed by atoms with Crippen molar-refractivity contribution in [2.75, 3.05) is 7.11 Å². The number of nitriles is 1. The summed E-state index contributed by atoms with van der Waals surface area (Å²) < 4.78 is 6.08. The molecule has 2 heterocycles. The summed E-state index contributed by atoms with van der Waals surface area (Å²) in [6, 6.07) is 1.95. The average molecular weight is 231 g/mol. The van der Waals surface area contributed by atoms with Gasteiger partial charge in [-0.25, -0.2) is 14.5 Å². The predicted octanol–water partition coefficient (Wildman–Crippen LogP) is 0.330. The summed E-state index contributed by atoms with van der Waals surface area (Å²) in [6.07, 6.45) is 0. The molecular weight excluding hydrogens is 222 g/mol. The normalized spacial score (nSPS) is 10.2. The third-order valence-corrected chi connectivity index (χ3v) is 2.42. The topological polar surface area (TPSA) is 93.7 Å². The first-order chi connectivity index (χ1) is 8.10. The van der Waals surface area contributed by atoms with E-state index >= 15 is 0 Å². The first-order valence-electron chi connectivity index (χ1n) is 4.78. The highest BCUT2D eigenvalue weighted by Gasteiger charge is 2.22. The van der Waals surface area contributed by atoms with Crippen LogP contribution in [0.25, 0.3) is 11.2 Å². The van der Waals surface area contributed by atoms with E-state index in [4.69, 9.17) is 5.26 Å². The molecule has 0 radical (unpaired) electrons. The summed E-state index contributed by atoms with van der Waals surface area (Å²) in [5.41, 5.74) is 1.48. The van der Waals surface area contributed by atoms with E-state index in [2.05, 4.69) is 20.0 Å². The highest BCUT2D eigenvalue weighted by Crippen LogP contribution is 2.21. The van der Waals surface area contributed by atoms with E-state index in [1.807, 2.05) is 6.07 Å². The minimum absolute atomic E-state index is 0.142. The number of ether oxygens (including phenoxy) is 1. The predicted molar refractivity (Wildman–Crippen MR) is 57.1 cm³/mol. The zero-order valence-corrected chi connectivity index (χ0v) is 9.55. The van der Waals surface area contributed by atoms with Gasteiger partial charge in [-0.05, 0) is 6.92 Å². The molecule has 86 valence electrons. The Morgan fingerprint density at radius 2 is 2.24 bits per heavy atom. The highest BCUT2D eigenvalue weighted by molar-refractivity contribution is 5.98. The maximum Gasteiger partial charge on any atom is 0.341 e. The Labute approximate surface area is 96.6 Å². The van der Waals surface area contributed by atoms with Crippen LogP contribution < -0.4 is 0 Å². The molecule has 2 rings (SSSR count).